The molecule has 6 nitrogen and oxygen atoms in total. The van der Waals surface area contributed by atoms with Crippen LogP contribution in [0.5, 0.6) is 5.75 Å². The van der Waals surface area contributed by atoms with Crippen LogP contribution < -0.4 is 4.74 Å². The number of hydrogen-bond acceptors (Lipinski definition) is 5. The van der Waals surface area contributed by atoms with E-state index in [4.69, 9.17) is 9.47 Å². The van der Waals surface area contributed by atoms with Crippen molar-refractivity contribution in [1.29, 1.82) is 0 Å². The van der Waals surface area contributed by atoms with Gasteiger partial charge in [-0.3, -0.25) is 9.59 Å². The molecule has 1 aliphatic rings. The molecule has 0 unspecified atom stereocenters. The minimum atomic E-state index is -0.508. The van der Waals surface area contributed by atoms with Gasteiger partial charge in [0, 0.05) is 30.9 Å². The van der Waals surface area contributed by atoms with Crippen molar-refractivity contribution in [3.05, 3.63) is 64.8 Å². The largest absolute Gasteiger partial charge is 0.481 e. The molecule has 1 fully saturated rings. The van der Waals surface area contributed by atoms with Crippen LogP contribution in [0, 0.1) is 5.82 Å². The summed E-state index contributed by atoms with van der Waals surface area (Å²) in [4.78, 5) is 29.4. The van der Waals surface area contributed by atoms with E-state index in [0.29, 0.717) is 24.6 Å². The molecular formula is C23H23FN2O4S. The number of morpholine rings is 1. The number of rotatable bonds is 5. The molecule has 1 atom stereocenters. The highest BCUT2D eigenvalue weighted by atomic mass is 32.1. The van der Waals surface area contributed by atoms with Gasteiger partial charge >= 0.3 is 0 Å². The first-order valence-corrected chi connectivity index (χ1v) is 10.8. The number of carbonyl (C=O) groups excluding carboxylic acids is 2. The van der Waals surface area contributed by atoms with Crippen molar-refractivity contribution in [2.75, 3.05) is 40.4 Å². The van der Waals surface area contributed by atoms with E-state index in [1.807, 2.05) is 24.3 Å². The number of thiophene rings is 1. The molecule has 0 N–H and O–H groups in total. The van der Waals surface area contributed by atoms with Gasteiger partial charge in [0.05, 0.1) is 18.0 Å². The van der Waals surface area contributed by atoms with Crippen molar-refractivity contribution in [3.8, 4) is 5.75 Å². The summed E-state index contributed by atoms with van der Waals surface area (Å²) in [5, 5.41) is 0.958. The highest BCUT2D eigenvalue weighted by Crippen LogP contribution is 2.38. The number of benzene rings is 2. The van der Waals surface area contributed by atoms with E-state index in [-0.39, 0.29) is 24.2 Å². The summed E-state index contributed by atoms with van der Waals surface area (Å²) in [6.07, 6.45) is -0.429. The van der Waals surface area contributed by atoms with Gasteiger partial charge in [-0.15, -0.1) is 11.3 Å². The van der Waals surface area contributed by atoms with E-state index >= 15 is 0 Å². The first kappa shape index (κ1) is 21.3. The van der Waals surface area contributed by atoms with E-state index in [1.165, 1.54) is 23.5 Å². The number of amides is 2. The van der Waals surface area contributed by atoms with Gasteiger partial charge in [-0.2, -0.15) is 0 Å². The minimum absolute atomic E-state index is 0.0448. The molecule has 1 aromatic heterocycles. The van der Waals surface area contributed by atoms with E-state index in [9.17, 15) is 14.0 Å². The van der Waals surface area contributed by atoms with Gasteiger partial charge in [0.15, 0.2) is 18.2 Å². The third kappa shape index (κ3) is 4.40. The van der Waals surface area contributed by atoms with Crippen LogP contribution in [0.3, 0.4) is 0 Å². The van der Waals surface area contributed by atoms with Crippen molar-refractivity contribution in [1.82, 2.24) is 9.80 Å². The molecule has 0 bridgehead atoms. The second-order valence-corrected chi connectivity index (χ2v) is 8.51. The average Bonchev–Trinajstić information content (AvgIpc) is 3.17. The van der Waals surface area contributed by atoms with E-state index < -0.39 is 11.9 Å². The fraction of sp³-hybridized carbons (Fsp3) is 0.304. The standard InChI is InChI=1S/C23H23FN2O4S/c1-25(2)23(28)22-21(15-7-3-6-10-19(15)31-22)18-13-26(11-12-29-18)20(27)14-30-17-9-5-4-8-16(17)24/h3-10,18H,11-14H2,1-2H3/t18-/m1/s1. The fourth-order valence-corrected chi connectivity index (χ4v) is 4.87. The summed E-state index contributed by atoms with van der Waals surface area (Å²) in [5.41, 5.74) is 0.812. The van der Waals surface area contributed by atoms with E-state index in [0.717, 1.165) is 15.6 Å². The van der Waals surface area contributed by atoms with Crippen molar-refractivity contribution in [2.45, 2.75) is 6.10 Å². The molecule has 162 valence electrons. The zero-order chi connectivity index (χ0) is 22.0. The molecule has 2 heterocycles. The number of carbonyl (C=O) groups is 2. The molecule has 4 rings (SSSR count). The Hall–Kier alpha value is -2.97. The summed E-state index contributed by atoms with van der Waals surface area (Å²) in [5.74, 6) is -0.808. The van der Waals surface area contributed by atoms with Gasteiger partial charge < -0.3 is 19.3 Å². The Balaban J connectivity index is 1.55. The zero-order valence-corrected chi connectivity index (χ0v) is 18.2. The lowest BCUT2D eigenvalue weighted by Crippen LogP contribution is -2.44. The second-order valence-electron chi connectivity index (χ2n) is 7.46. The predicted octanol–water partition coefficient (Wildman–Crippen LogP) is 3.72. The zero-order valence-electron chi connectivity index (χ0n) is 17.3. The second kappa shape index (κ2) is 9.03. The summed E-state index contributed by atoms with van der Waals surface area (Å²) in [6.45, 7) is 0.792. The van der Waals surface area contributed by atoms with Crippen LogP contribution in [0.2, 0.25) is 0 Å². The highest BCUT2D eigenvalue weighted by molar-refractivity contribution is 7.21. The van der Waals surface area contributed by atoms with Crippen molar-refractivity contribution in [3.63, 3.8) is 0 Å². The average molecular weight is 443 g/mol. The Kier molecular flexibility index (Phi) is 6.20. The van der Waals surface area contributed by atoms with Gasteiger partial charge in [0.1, 0.15) is 6.10 Å². The number of hydrogen-bond donors (Lipinski definition) is 0. The van der Waals surface area contributed by atoms with Crippen LogP contribution in [0.15, 0.2) is 48.5 Å². The SMILES string of the molecule is CN(C)C(=O)c1sc2ccccc2c1[C@H]1CN(C(=O)COc2ccccc2F)CCO1. The lowest BCUT2D eigenvalue weighted by Gasteiger charge is -2.33. The highest BCUT2D eigenvalue weighted by Gasteiger charge is 2.32. The molecule has 0 spiro atoms. The van der Waals surface area contributed by atoms with Crippen LogP contribution >= 0.6 is 11.3 Å². The molecule has 2 aromatic carbocycles. The minimum Gasteiger partial charge on any atom is -0.481 e. The summed E-state index contributed by atoms with van der Waals surface area (Å²) in [7, 11) is 3.43. The molecule has 1 aliphatic heterocycles. The van der Waals surface area contributed by atoms with Gasteiger partial charge in [0.2, 0.25) is 0 Å². The van der Waals surface area contributed by atoms with E-state index in [2.05, 4.69) is 0 Å². The Morgan fingerprint density at radius 2 is 1.94 bits per heavy atom. The number of fused-ring (bicyclic) bond motifs is 1. The quantitative estimate of drug-likeness (QED) is 0.604. The van der Waals surface area contributed by atoms with Crippen molar-refractivity contribution in [2.24, 2.45) is 0 Å². The normalized spacial score (nSPS) is 16.4. The third-order valence-corrected chi connectivity index (χ3v) is 6.34. The monoisotopic (exact) mass is 442 g/mol. The van der Waals surface area contributed by atoms with Crippen LogP contribution in [-0.2, 0) is 9.53 Å². The summed E-state index contributed by atoms with van der Waals surface area (Å²) >= 11 is 1.43. The molecule has 8 heteroatoms. The smallest absolute Gasteiger partial charge is 0.263 e. The molecule has 2 amide bonds. The predicted molar refractivity (Wildman–Crippen MR) is 117 cm³/mol. The molecular weight excluding hydrogens is 419 g/mol. The van der Waals surface area contributed by atoms with Crippen LogP contribution in [0.1, 0.15) is 21.3 Å². The van der Waals surface area contributed by atoms with Gasteiger partial charge in [-0.1, -0.05) is 30.3 Å². The summed E-state index contributed by atoms with van der Waals surface area (Å²) in [6, 6.07) is 13.8. The molecule has 0 radical (unpaired) electrons. The lowest BCUT2D eigenvalue weighted by atomic mass is 10.0. The number of ether oxygens (including phenoxy) is 2. The van der Waals surface area contributed by atoms with E-state index in [1.54, 1.807) is 36.0 Å². The van der Waals surface area contributed by atoms with Gasteiger partial charge in [-0.05, 0) is 23.6 Å². The lowest BCUT2D eigenvalue weighted by molar-refractivity contribution is -0.141. The molecule has 0 aliphatic carbocycles. The topological polar surface area (TPSA) is 59.1 Å². The molecule has 31 heavy (non-hydrogen) atoms. The number of para-hydroxylation sites is 1. The molecule has 0 saturated carbocycles. The maximum atomic E-state index is 13.8. The Bertz CT molecular complexity index is 1110. The van der Waals surface area contributed by atoms with Crippen molar-refractivity contribution >= 4 is 33.2 Å². The maximum absolute atomic E-state index is 13.8. The third-order valence-electron chi connectivity index (χ3n) is 5.16. The van der Waals surface area contributed by atoms with Crippen LogP contribution in [-0.4, -0.2) is 62.0 Å². The Morgan fingerprint density at radius 3 is 2.71 bits per heavy atom. The van der Waals surface area contributed by atoms with Crippen LogP contribution in [0.25, 0.3) is 10.1 Å². The van der Waals surface area contributed by atoms with Gasteiger partial charge in [-0.25, -0.2) is 4.39 Å². The number of nitrogens with zero attached hydrogens (tertiary/aromatic N) is 2. The van der Waals surface area contributed by atoms with Crippen molar-refractivity contribution < 1.29 is 23.5 Å². The Morgan fingerprint density at radius 1 is 1.19 bits per heavy atom. The first-order valence-electron chi connectivity index (χ1n) is 9.95. The fourth-order valence-electron chi connectivity index (χ4n) is 3.59. The van der Waals surface area contributed by atoms with Gasteiger partial charge in [0.25, 0.3) is 11.8 Å². The molecule has 3 aromatic rings. The summed E-state index contributed by atoms with van der Waals surface area (Å²) < 4.78 is 26.1. The Labute approximate surface area is 183 Å². The molecule has 1 saturated heterocycles. The maximum Gasteiger partial charge on any atom is 0.263 e. The number of halogens is 1. The first-order chi connectivity index (χ1) is 15.0. The van der Waals surface area contributed by atoms with Crippen LogP contribution in [0.4, 0.5) is 4.39 Å².